The second kappa shape index (κ2) is 22.8. The van der Waals surface area contributed by atoms with E-state index in [2.05, 4.69) is 16.0 Å². The van der Waals surface area contributed by atoms with Crippen molar-refractivity contribution in [3.8, 4) is 0 Å². The molecule has 292 valence electrons. The van der Waals surface area contributed by atoms with Crippen molar-refractivity contribution in [2.45, 2.75) is 79.1 Å². The van der Waals surface area contributed by atoms with Gasteiger partial charge in [-0.05, 0) is 57.7 Å². The van der Waals surface area contributed by atoms with Crippen LogP contribution in [-0.2, 0) is 58.9 Å². The van der Waals surface area contributed by atoms with Gasteiger partial charge < -0.3 is 48.9 Å². The number of carbonyl (C=O) groups is 7. The van der Waals surface area contributed by atoms with E-state index in [0.29, 0.717) is 48.9 Å². The summed E-state index contributed by atoms with van der Waals surface area (Å²) in [6.07, 6.45) is -1.72. The zero-order valence-electron chi connectivity index (χ0n) is 31.5. The molecule has 0 aromatic heterocycles. The quantitative estimate of drug-likeness (QED) is 0.0677. The van der Waals surface area contributed by atoms with Crippen LogP contribution in [0.15, 0.2) is 24.3 Å². The molecule has 1 aromatic rings. The van der Waals surface area contributed by atoms with Crippen molar-refractivity contribution in [1.82, 2.24) is 10.6 Å². The first kappa shape index (κ1) is 45.1. The number of hydrogen-bond donors (Lipinski definition) is 3. The third-order valence-corrected chi connectivity index (χ3v) is 7.14. The van der Waals surface area contributed by atoms with Crippen molar-refractivity contribution in [3.63, 3.8) is 0 Å². The molecule has 0 heterocycles. The second-order valence-electron chi connectivity index (χ2n) is 13.4. The van der Waals surface area contributed by atoms with Crippen molar-refractivity contribution in [2.24, 2.45) is 5.41 Å². The maximum atomic E-state index is 12.8. The monoisotopic (exact) mass is 739 g/mol. The van der Waals surface area contributed by atoms with Crippen molar-refractivity contribution >= 4 is 47.7 Å². The highest BCUT2D eigenvalue weighted by Gasteiger charge is 2.39. The Morgan fingerprint density at radius 1 is 0.731 bits per heavy atom. The van der Waals surface area contributed by atoms with E-state index in [1.165, 1.54) is 27.7 Å². The molecule has 0 spiro atoms. The number of carbonyl (C=O) groups excluding carboxylic acids is 7. The smallest absolute Gasteiger partial charge is 0.465 e. The summed E-state index contributed by atoms with van der Waals surface area (Å²) in [7, 11) is 5.98. The maximum absolute atomic E-state index is 12.8. The lowest BCUT2D eigenvalue weighted by Crippen LogP contribution is -2.41. The molecule has 1 rings (SSSR count). The fourth-order valence-corrected chi connectivity index (χ4v) is 4.06. The molecule has 0 aliphatic rings. The number of amides is 3. The van der Waals surface area contributed by atoms with Crippen molar-refractivity contribution in [2.75, 3.05) is 66.0 Å². The lowest BCUT2D eigenvalue weighted by Gasteiger charge is -2.27. The molecule has 0 aliphatic carbocycles. The third-order valence-electron chi connectivity index (χ3n) is 7.14. The molecular formula is C35H55N4O13+. The molecule has 0 fully saturated rings. The van der Waals surface area contributed by atoms with Gasteiger partial charge in [0.05, 0.1) is 40.9 Å². The van der Waals surface area contributed by atoms with Gasteiger partial charge >= 0.3 is 36.1 Å². The van der Waals surface area contributed by atoms with Crippen LogP contribution in [0.25, 0.3) is 0 Å². The van der Waals surface area contributed by atoms with E-state index < -0.39 is 60.9 Å². The van der Waals surface area contributed by atoms with Gasteiger partial charge in [0.2, 0.25) is 5.91 Å². The van der Waals surface area contributed by atoms with Gasteiger partial charge in [0, 0.05) is 39.0 Å². The molecule has 0 saturated heterocycles. The van der Waals surface area contributed by atoms with Gasteiger partial charge in [0.15, 0.2) is 12.2 Å². The van der Waals surface area contributed by atoms with Gasteiger partial charge in [-0.25, -0.2) is 19.2 Å². The minimum Gasteiger partial charge on any atom is -0.465 e. The van der Waals surface area contributed by atoms with Crippen LogP contribution in [0.5, 0.6) is 0 Å². The first-order valence-electron chi connectivity index (χ1n) is 17.0. The van der Waals surface area contributed by atoms with Gasteiger partial charge in [0.1, 0.15) is 18.6 Å². The highest BCUT2D eigenvalue weighted by molar-refractivity contribution is 5.89. The third kappa shape index (κ3) is 20.1. The van der Waals surface area contributed by atoms with Crippen molar-refractivity contribution in [3.05, 3.63) is 29.8 Å². The van der Waals surface area contributed by atoms with Gasteiger partial charge in [-0.1, -0.05) is 12.1 Å². The SMILES string of the molecule is CC(=O)NCc1ccc(NC(=O)NCCCCCOC(=O)C(C)OC(=O)C(C)OC(=O)OCC(C)(COC(C)=O)C(=O)OCCC[N+](C)(C)C)cc1. The fraction of sp³-hybridized carbons (Fsp3) is 0.629. The Morgan fingerprint density at radius 3 is 1.96 bits per heavy atom. The number of unbranched alkanes of at least 4 members (excludes halogenated alkanes) is 2. The van der Waals surface area contributed by atoms with E-state index in [9.17, 15) is 33.6 Å². The molecule has 3 amide bonds. The Morgan fingerprint density at radius 2 is 1.35 bits per heavy atom. The first-order valence-corrected chi connectivity index (χ1v) is 17.0. The topological polar surface area (TPSA) is 211 Å². The minimum atomic E-state index is -1.54. The number of nitrogens with zero attached hydrogens (tertiary/aromatic N) is 1. The molecule has 0 aliphatic heterocycles. The number of benzene rings is 1. The first-order chi connectivity index (χ1) is 24.3. The maximum Gasteiger partial charge on any atom is 0.509 e. The van der Waals surface area contributed by atoms with Gasteiger partial charge in [-0.15, -0.1) is 0 Å². The molecule has 3 atom stereocenters. The highest BCUT2D eigenvalue weighted by atomic mass is 16.7. The van der Waals surface area contributed by atoms with Crippen LogP contribution in [0.3, 0.4) is 0 Å². The van der Waals surface area contributed by atoms with Crippen molar-refractivity contribution in [1.29, 1.82) is 0 Å². The average molecular weight is 740 g/mol. The lowest BCUT2D eigenvalue weighted by atomic mass is 9.93. The summed E-state index contributed by atoms with van der Waals surface area (Å²) in [6.45, 7) is 7.21. The lowest BCUT2D eigenvalue weighted by molar-refractivity contribution is -0.870. The predicted molar refractivity (Wildman–Crippen MR) is 186 cm³/mol. The number of hydrogen-bond acceptors (Lipinski definition) is 13. The number of rotatable bonds is 22. The zero-order valence-corrected chi connectivity index (χ0v) is 31.5. The van der Waals surface area contributed by atoms with Crippen molar-refractivity contribution < 1.29 is 66.5 Å². The molecule has 52 heavy (non-hydrogen) atoms. The summed E-state index contributed by atoms with van der Waals surface area (Å²) in [5.74, 6) is -3.36. The van der Waals surface area contributed by atoms with Gasteiger partial charge in [0.25, 0.3) is 0 Å². The molecule has 0 saturated carbocycles. The van der Waals surface area contributed by atoms with Crippen LogP contribution in [0, 0.1) is 5.41 Å². The molecule has 0 radical (unpaired) electrons. The van der Waals surface area contributed by atoms with Crippen LogP contribution >= 0.6 is 0 Å². The molecule has 1 aromatic carbocycles. The zero-order chi connectivity index (χ0) is 39.3. The fourth-order valence-electron chi connectivity index (χ4n) is 4.06. The largest absolute Gasteiger partial charge is 0.509 e. The number of urea groups is 1. The van der Waals surface area contributed by atoms with Crippen LogP contribution < -0.4 is 16.0 Å². The second-order valence-corrected chi connectivity index (χ2v) is 13.4. The Bertz CT molecular complexity index is 1350. The Labute approximate surface area is 304 Å². The summed E-state index contributed by atoms with van der Waals surface area (Å²) >= 11 is 0. The number of ether oxygens (including phenoxy) is 6. The average Bonchev–Trinajstić information content (AvgIpc) is 3.06. The summed E-state index contributed by atoms with van der Waals surface area (Å²) in [5, 5.41) is 8.15. The Balaban J connectivity index is 2.35. The number of nitrogens with one attached hydrogen (secondary N) is 3. The van der Waals surface area contributed by atoms with Gasteiger partial charge in [-0.3, -0.25) is 14.4 Å². The molecule has 17 heteroatoms. The Kier molecular flexibility index (Phi) is 19.8. The number of anilines is 1. The minimum absolute atomic E-state index is 0.0560. The molecular weight excluding hydrogens is 684 g/mol. The van der Waals surface area contributed by atoms with Crippen LogP contribution in [0.2, 0.25) is 0 Å². The highest BCUT2D eigenvalue weighted by Crippen LogP contribution is 2.21. The summed E-state index contributed by atoms with van der Waals surface area (Å²) < 4.78 is 31.2. The summed E-state index contributed by atoms with van der Waals surface area (Å²) in [4.78, 5) is 84.3. The number of quaternary nitrogens is 1. The Hall–Kier alpha value is -4.93. The van der Waals surface area contributed by atoms with E-state index >= 15 is 0 Å². The van der Waals surface area contributed by atoms with E-state index in [1.807, 2.05) is 21.1 Å². The van der Waals surface area contributed by atoms with Crippen LogP contribution in [0.4, 0.5) is 15.3 Å². The van der Waals surface area contributed by atoms with Gasteiger partial charge in [-0.2, -0.15) is 0 Å². The number of esters is 4. The predicted octanol–water partition coefficient (Wildman–Crippen LogP) is 2.84. The van der Waals surface area contributed by atoms with E-state index in [1.54, 1.807) is 24.3 Å². The standard InChI is InChI=1S/C35H54N4O13/c1-24(30(42)47-19-11-9-10-17-36-33(45)38-29-15-13-28(14-16-29)21-37-26(3)40)51-31(43)25(2)52-34(46)50-23-35(5,22-49-27(4)41)32(44)48-20-12-18-39(6,7)8/h13-16,24-25H,9-12,17-23H2,1-8H3,(H2-,36,37,38,40,45)/p+1. The van der Waals surface area contributed by atoms with Crippen LogP contribution in [-0.4, -0.2) is 119 Å². The molecule has 17 nitrogen and oxygen atoms in total. The normalized spacial score (nSPS) is 13.2. The molecule has 3 N–H and O–H groups in total. The summed E-state index contributed by atoms with van der Waals surface area (Å²) in [5.41, 5.74) is -0.0448. The van der Waals surface area contributed by atoms with Crippen LogP contribution in [0.1, 0.15) is 65.9 Å². The van der Waals surface area contributed by atoms with E-state index in [4.69, 9.17) is 28.4 Å². The summed E-state index contributed by atoms with van der Waals surface area (Å²) in [6, 6.07) is 6.68. The molecule has 0 bridgehead atoms. The van der Waals surface area contributed by atoms with E-state index in [-0.39, 0.29) is 25.2 Å². The molecule has 3 unspecified atom stereocenters. The van der Waals surface area contributed by atoms with E-state index in [0.717, 1.165) is 19.0 Å².